The van der Waals surface area contributed by atoms with Gasteiger partial charge in [-0.2, -0.15) is 0 Å². The predicted molar refractivity (Wildman–Crippen MR) is 54.5 cm³/mol. The molecule has 3 N–H and O–H groups in total. The molecule has 1 aromatic rings. The average Bonchev–Trinajstić information content (AvgIpc) is 2.61. The van der Waals surface area contributed by atoms with E-state index in [2.05, 4.69) is 10.6 Å². The van der Waals surface area contributed by atoms with Crippen molar-refractivity contribution in [3.63, 3.8) is 0 Å². The van der Waals surface area contributed by atoms with Gasteiger partial charge in [-0.1, -0.05) is 30.3 Å². The monoisotopic (exact) mass is 191 g/mol. The van der Waals surface area contributed by atoms with Gasteiger partial charge in [-0.25, -0.2) is 11.4 Å². The molecular weight excluding hydrogens is 178 g/mol. The van der Waals surface area contributed by atoms with Gasteiger partial charge in [0, 0.05) is 12.1 Å². The second-order valence-electron chi connectivity index (χ2n) is 2.96. The van der Waals surface area contributed by atoms with Crippen molar-refractivity contribution in [1.82, 2.24) is 15.8 Å². The maximum absolute atomic E-state index is 5.65. The van der Waals surface area contributed by atoms with Crippen LogP contribution < -0.4 is 11.4 Å². The second-order valence-corrected chi connectivity index (χ2v) is 2.96. The van der Waals surface area contributed by atoms with Crippen LogP contribution in [-0.4, -0.2) is 22.6 Å². The Morgan fingerprint density at radius 3 is 2.71 bits per heavy atom. The van der Waals surface area contributed by atoms with Crippen molar-refractivity contribution < 1.29 is 0 Å². The number of nitrogens with two attached hydrogens (primary N) is 1. The summed E-state index contributed by atoms with van der Waals surface area (Å²) in [4.78, 5) is 0. The molecule has 0 saturated carbocycles. The molecule has 0 radical (unpaired) electrons. The summed E-state index contributed by atoms with van der Waals surface area (Å²) in [6.07, 6.45) is 0. The Hall–Kier alpha value is -1.59. The smallest absolute Gasteiger partial charge is 0.174 e. The third kappa shape index (κ3) is 1.43. The minimum atomic E-state index is 0.775. The van der Waals surface area contributed by atoms with E-state index in [4.69, 9.17) is 5.84 Å². The molecule has 0 saturated heterocycles. The van der Waals surface area contributed by atoms with Gasteiger partial charge in [-0.3, -0.25) is 5.01 Å². The first-order chi connectivity index (χ1) is 6.83. The number of hydrazine groups is 3. The molecular formula is C9H13N5. The molecule has 0 aromatic heterocycles. The summed E-state index contributed by atoms with van der Waals surface area (Å²) in [6.45, 7) is 2.79. The van der Waals surface area contributed by atoms with Gasteiger partial charge in [-0.05, 0) is 12.2 Å². The maximum Gasteiger partial charge on any atom is 0.174 e. The number of hydrogen-bond donors (Lipinski definition) is 2. The summed E-state index contributed by atoms with van der Waals surface area (Å²) in [6, 6.07) is 9.93. The van der Waals surface area contributed by atoms with Crippen LogP contribution >= 0.6 is 0 Å². The van der Waals surface area contributed by atoms with Gasteiger partial charge in [0.2, 0.25) is 0 Å². The van der Waals surface area contributed by atoms with Crippen LogP contribution in [0.4, 0.5) is 0 Å². The van der Waals surface area contributed by atoms with Gasteiger partial charge in [0.1, 0.15) is 0 Å². The Bertz CT molecular complexity index is 334. The quantitative estimate of drug-likeness (QED) is 0.659. The molecule has 5 nitrogen and oxygen atoms in total. The fourth-order valence-corrected chi connectivity index (χ4v) is 1.42. The second kappa shape index (κ2) is 3.65. The third-order valence-electron chi connectivity index (χ3n) is 2.09. The Morgan fingerprint density at radius 1 is 1.36 bits per heavy atom. The molecule has 1 aromatic carbocycles. The molecule has 0 aliphatic carbocycles. The molecule has 0 atom stereocenters. The summed E-state index contributed by atoms with van der Waals surface area (Å²) >= 11 is 0. The van der Waals surface area contributed by atoms with Crippen LogP contribution in [0.25, 0.3) is 0 Å². The van der Waals surface area contributed by atoms with Crippen LogP contribution in [0.5, 0.6) is 0 Å². The largest absolute Gasteiger partial charge is 0.255 e. The number of benzene rings is 1. The van der Waals surface area contributed by atoms with E-state index in [1.165, 1.54) is 5.23 Å². The van der Waals surface area contributed by atoms with E-state index < -0.39 is 0 Å². The van der Waals surface area contributed by atoms with Crippen molar-refractivity contribution >= 4 is 5.84 Å². The molecule has 2 rings (SSSR count). The SMILES string of the molecule is CCN1C(c2ccccc2)=NNN1N. The molecule has 0 amide bonds. The normalized spacial score (nSPS) is 16.7. The number of hydrogen-bond acceptors (Lipinski definition) is 5. The standard InChI is InChI=1S/C9H13N5/c1-2-13-9(11-12-14(13)10)8-6-4-3-5-7-8/h3-7,12H,2,10H2,1H3. The van der Waals surface area contributed by atoms with Crippen LogP contribution in [-0.2, 0) is 0 Å². The van der Waals surface area contributed by atoms with E-state index in [9.17, 15) is 0 Å². The first-order valence-electron chi connectivity index (χ1n) is 4.54. The molecule has 5 heteroatoms. The summed E-state index contributed by atoms with van der Waals surface area (Å²) < 4.78 is 0. The Balaban J connectivity index is 2.28. The molecule has 14 heavy (non-hydrogen) atoms. The highest BCUT2D eigenvalue weighted by atomic mass is 16.0. The Kier molecular flexibility index (Phi) is 2.34. The minimum absolute atomic E-state index is 0.775. The first-order valence-corrected chi connectivity index (χ1v) is 4.54. The average molecular weight is 191 g/mol. The van der Waals surface area contributed by atoms with Crippen molar-refractivity contribution in [2.45, 2.75) is 6.92 Å². The number of nitrogens with zero attached hydrogens (tertiary/aromatic N) is 3. The predicted octanol–water partition coefficient (Wildman–Crippen LogP) is 0.279. The van der Waals surface area contributed by atoms with Crippen LogP contribution in [0.3, 0.4) is 0 Å². The molecule has 0 fully saturated rings. The van der Waals surface area contributed by atoms with E-state index in [-0.39, 0.29) is 0 Å². The van der Waals surface area contributed by atoms with E-state index >= 15 is 0 Å². The number of nitrogens with one attached hydrogen (secondary N) is 1. The van der Waals surface area contributed by atoms with Gasteiger partial charge in [0.25, 0.3) is 0 Å². The van der Waals surface area contributed by atoms with Gasteiger partial charge in [-0.15, -0.1) is 5.10 Å². The van der Waals surface area contributed by atoms with E-state index in [1.54, 1.807) is 0 Å². The summed E-state index contributed by atoms with van der Waals surface area (Å²) in [5.41, 5.74) is 3.74. The van der Waals surface area contributed by atoms with Crippen LogP contribution in [0.1, 0.15) is 12.5 Å². The maximum atomic E-state index is 5.65. The van der Waals surface area contributed by atoms with Crippen molar-refractivity contribution in [3.8, 4) is 0 Å². The van der Waals surface area contributed by atoms with Gasteiger partial charge >= 0.3 is 0 Å². The lowest BCUT2D eigenvalue weighted by Gasteiger charge is -2.23. The zero-order chi connectivity index (χ0) is 9.97. The molecule has 0 unspecified atom stereocenters. The Morgan fingerprint density at radius 2 is 2.07 bits per heavy atom. The summed E-state index contributed by atoms with van der Waals surface area (Å²) in [5.74, 6) is 6.49. The molecule has 0 spiro atoms. The molecule has 1 aliphatic rings. The number of rotatable bonds is 2. The van der Waals surface area contributed by atoms with Crippen LogP contribution in [0.2, 0.25) is 0 Å². The highest BCUT2D eigenvalue weighted by Gasteiger charge is 2.22. The fourth-order valence-electron chi connectivity index (χ4n) is 1.42. The number of hydrazone groups is 1. The highest BCUT2D eigenvalue weighted by Crippen LogP contribution is 2.09. The third-order valence-corrected chi connectivity index (χ3v) is 2.09. The highest BCUT2D eigenvalue weighted by molar-refractivity contribution is 5.98. The molecule has 1 heterocycles. The van der Waals surface area contributed by atoms with Gasteiger partial charge in [0.05, 0.1) is 0 Å². The van der Waals surface area contributed by atoms with Gasteiger partial charge in [0.15, 0.2) is 5.84 Å². The van der Waals surface area contributed by atoms with E-state index in [1.807, 2.05) is 42.3 Å². The van der Waals surface area contributed by atoms with Crippen molar-refractivity contribution in [1.29, 1.82) is 0 Å². The van der Waals surface area contributed by atoms with Crippen molar-refractivity contribution in [2.75, 3.05) is 6.54 Å². The molecule has 0 bridgehead atoms. The van der Waals surface area contributed by atoms with E-state index in [0.29, 0.717) is 0 Å². The Labute approximate surface area is 82.7 Å². The summed E-state index contributed by atoms with van der Waals surface area (Å²) in [7, 11) is 0. The first kappa shape index (κ1) is 8.98. The lowest BCUT2D eigenvalue weighted by molar-refractivity contribution is 0.0192. The van der Waals surface area contributed by atoms with Crippen molar-refractivity contribution in [2.24, 2.45) is 10.9 Å². The fraction of sp³-hybridized carbons (Fsp3) is 0.222. The minimum Gasteiger partial charge on any atom is -0.255 e. The van der Waals surface area contributed by atoms with Crippen molar-refractivity contribution in [3.05, 3.63) is 35.9 Å². The molecule has 74 valence electrons. The zero-order valence-electron chi connectivity index (χ0n) is 8.01. The zero-order valence-corrected chi connectivity index (χ0v) is 8.01. The number of amidine groups is 1. The lowest BCUT2D eigenvalue weighted by Crippen LogP contribution is -2.50. The van der Waals surface area contributed by atoms with Gasteiger partial charge < -0.3 is 0 Å². The summed E-state index contributed by atoms with van der Waals surface area (Å²) in [5, 5.41) is 7.37. The topological polar surface area (TPSA) is 56.9 Å². The lowest BCUT2D eigenvalue weighted by atomic mass is 10.2. The van der Waals surface area contributed by atoms with Crippen LogP contribution in [0.15, 0.2) is 35.4 Å². The molecule has 1 aliphatic heterocycles. The van der Waals surface area contributed by atoms with E-state index in [0.717, 1.165) is 17.9 Å². The van der Waals surface area contributed by atoms with Crippen LogP contribution in [0, 0.1) is 0 Å².